The van der Waals surface area contributed by atoms with Gasteiger partial charge in [-0.1, -0.05) is 40.5 Å². The molecule has 8 nitrogen and oxygen atoms in total. The van der Waals surface area contributed by atoms with Crippen LogP contribution < -0.4 is 14.2 Å². The van der Waals surface area contributed by atoms with E-state index in [2.05, 4.69) is 42.6 Å². The number of aromatic nitrogens is 3. The first-order chi connectivity index (χ1) is 19.3. The molecule has 0 saturated carbocycles. The summed E-state index contributed by atoms with van der Waals surface area (Å²) in [6.07, 6.45) is 2.01. The molecule has 2 N–H and O–H groups in total. The van der Waals surface area contributed by atoms with Crippen LogP contribution >= 0.6 is 0 Å². The fourth-order valence-corrected chi connectivity index (χ4v) is 3.78. The monoisotopic (exact) mass is 543 g/mol. The minimum absolute atomic E-state index is 0.0162. The highest BCUT2D eigenvalue weighted by molar-refractivity contribution is 5.72. The Balaban J connectivity index is 1.74. The smallest absolute Gasteiger partial charge is 0.167 e. The average molecular weight is 544 g/mol. The number of phenols is 2. The molecule has 4 rings (SSSR count). The molecule has 4 aromatic rings. The van der Waals surface area contributed by atoms with E-state index < -0.39 is 0 Å². The Morgan fingerprint density at radius 3 is 1.45 bits per heavy atom. The first-order valence-electron chi connectivity index (χ1n) is 13.6. The van der Waals surface area contributed by atoms with Crippen LogP contribution in [0.3, 0.4) is 0 Å². The summed E-state index contributed by atoms with van der Waals surface area (Å²) in [5.74, 6) is 3.52. The van der Waals surface area contributed by atoms with Gasteiger partial charge in [-0.3, -0.25) is 0 Å². The van der Waals surface area contributed by atoms with Gasteiger partial charge < -0.3 is 24.4 Å². The lowest BCUT2D eigenvalue weighted by molar-refractivity contribution is 0.255. The zero-order valence-corrected chi connectivity index (χ0v) is 23.7. The summed E-state index contributed by atoms with van der Waals surface area (Å²) >= 11 is 0. The van der Waals surface area contributed by atoms with Crippen LogP contribution in [0.4, 0.5) is 0 Å². The molecule has 0 bridgehead atoms. The van der Waals surface area contributed by atoms with Crippen molar-refractivity contribution in [3.05, 3.63) is 60.7 Å². The van der Waals surface area contributed by atoms with E-state index in [9.17, 15) is 10.2 Å². The van der Waals surface area contributed by atoms with Gasteiger partial charge in [-0.2, -0.15) is 0 Å². The lowest BCUT2D eigenvalue weighted by Crippen LogP contribution is -2.07. The molecule has 0 aliphatic heterocycles. The van der Waals surface area contributed by atoms with Crippen molar-refractivity contribution in [2.45, 2.75) is 40.5 Å². The van der Waals surface area contributed by atoms with Gasteiger partial charge in [0.05, 0.1) is 31.5 Å². The molecule has 3 aromatic carbocycles. The first kappa shape index (κ1) is 28.7. The molecule has 1 heterocycles. The molecule has 2 atom stereocenters. The maximum atomic E-state index is 10.9. The van der Waals surface area contributed by atoms with Gasteiger partial charge in [0.1, 0.15) is 28.7 Å². The second kappa shape index (κ2) is 13.2. The van der Waals surface area contributed by atoms with Gasteiger partial charge in [-0.05, 0) is 60.4 Å². The van der Waals surface area contributed by atoms with E-state index in [0.29, 0.717) is 59.2 Å². The highest BCUT2D eigenvalue weighted by atomic mass is 16.5. The third-order valence-corrected chi connectivity index (χ3v) is 6.87. The molecule has 2 unspecified atom stereocenters. The molecule has 0 fully saturated rings. The van der Waals surface area contributed by atoms with E-state index in [1.807, 2.05) is 24.3 Å². The fourth-order valence-electron chi connectivity index (χ4n) is 3.78. The summed E-state index contributed by atoms with van der Waals surface area (Å²) in [5, 5.41) is 21.8. The minimum Gasteiger partial charge on any atom is -0.507 e. The van der Waals surface area contributed by atoms with Crippen molar-refractivity contribution in [3.8, 4) is 62.9 Å². The Morgan fingerprint density at radius 1 is 0.625 bits per heavy atom. The maximum absolute atomic E-state index is 10.9. The lowest BCUT2D eigenvalue weighted by atomic mass is 10.1. The number of phenolic OH excluding ortho intramolecular Hbond substituents is 2. The fraction of sp³-hybridized carbons (Fsp3) is 0.344. The van der Waals surface area contributed by atoms with Gasteiger partial charge in [0, 0.05) is 17.7 Å². The Labute approximate surface area is 235 Å². The number of rotatable bonds is 12. The van der Waals surface area contributed by atoms with E-state index in [1.54, 1.807) is 43.5 Å². The molecular formula is C32H37N3O5. The first-order valence-corrected chi connectivity index (χ1v) is 13.6. The normalized spacial score (nSPS) is 12.5. The second-order valence-corrected chi connectivity index (χ2v) is 10.0. The Kier molecular flexibility index (Phi) is 9.43. The second-order valence-electron chi connectivity index (χ2n) is 10.0. The van der Waals surface area contributed by atoms with Crippen LogP contribution in [0.25, 0.3) is 34.2 Å². The van der Waals surface area contributed by atoms with Crippen LogP contribution in [-0.4, -0.2) is 45.5 Å². The number of benzene rings is 3. The predicted octanol–water partition coefficient (Wildman–Crippen LogP) is 7.14. The number of hydrogen-bond acceptors (Lipinski definition) is 8. The zero-order chi connectivity index (χ0) is 28.6. The van der Waals surface area contributed by atoms with E-state index in [0.717, 1.165) is 18.4 Å². The molecule has 0 amide bonds. The molecule has 8 heteroatoms. The number of nitrogens with zero attached hydrogens (tertiary/aromatic N) is 3. The summed E-state index contributed by atoms with van der Waals surface area (Å²) in [5.41, 5.74) is 1.57. The zero-order valence-electron chi connectivity index (χ0n) is 23.7. The minimum atomic E-state index is -0.0162. The number of ether oxygens (including phenoxy) is 3. The van der Waals surface area contributed by atoms with Crippen LogP contribution in [0, 0.1) is 11.8 Å². The SMILES string of the molecule is CCC(C)COc1ccc(-c2nc(-c3ccc(OC)cc3)nc(-c3ccc(OCC(C)CC)cc3O)n2)c(O)c1. The lowest BCUT2D eigenvalue weighted by Gasteiger charge is -2.14. The number of aromatic hydroxyl groups is 2. The summed E-state index contributed by atoms with van der Waals surface area (Å²) in [7, 11) is 1.60. The molecule has 0 aliphatic carbocycles. The third-order valence-electron chi connectivity index (χ3n) is 6.87. The van der Waals surface area contributed by atoms with Crippen LogP contribution in [0.5, 0.6) is 28.7 Å². The summed E-state index contributed by atoms with van der Waals surface area (Å²) < 4.78 is 17.0. The summed E-state index contributed by atoms with van der Waals surface area (Å²) in [4.78, 5) is 14.0. The van der Waals surface area contributed by atoms with E-state index in [-0.39, 0.29) is 23.1 Å². The highest BCUT2D eigenvalue weighted by Crippen LogP contribution is 2.36. The molecule has 210 valence electrons. The van der Waals surface area contributed by atoms with E-state index in [1.165, 1.54) is 0 Å². The van der Waals surface area contributed by atoms with Crippen molar-refractivity contribution < 1.29 is 24.4 Å². The molecule has 1 aromatic heterocycles. The Morgan fingerprint density at radius 2 is 1.05 bits per heavy atom. The molecule has 40 heavy (non-hydrogen) atoms. The van der Waals surface area contributed by atoms with Crippen LogP contribution in [0.15, 0.2) is 60.7 Å². The van der Waals surface area contributed by atoms with Crippen molar-refractivity contribution in [2.24, 2.45) is 11.8 Å². The van der Waals surface area contributed by atoms with E-state index in [4.69, 9.17) is 14.2 Å². The standard InChI is InChI=1S/C32H37N3O5/c1-6-20(3)18-39-24-12-14-26(28(36)16-24)31-33-30(22-8-10-23(38-5)11-9-22)34-32(35-31)27-15-13-25(17-29(27)37)40-19-21(4)7-2/h8-17,20-21,36-37H,6-7,18-19H2,1-5H3. The van der Waals surface area contributed by atoms with Gasteiger partial charge >= 0.3 is 0 Å². The van der Waals surface area contributed by atoms with Crippen molar-refractivity contribution in [1.29, 1.82) is 0 Å². The predicted molar refractivity (Wildman–Crippen MR) is 156 cm³/mol. The molecule has 0 saturated heterocycles. The highest BCUT2D eigenvalue weighted by Gasteiger charge is 2.18. The number of methoxy groups -OCH3 is 1. The molecule has 0 spiro atoms. The third kappa shape index (κ3) is 7.00. The maximum Gasteiger partial charge on any atom is 0.167 e. The number of hydrogen-bond donors (Lipinski definition) is 2. The average Bonchev–Trinajstić information content (AvgIpc) is 2.98. The summed E-state index contributed by atoms with van der Waals surface area (Å²) in [6, 6.07) is 17.5. The molecular weight excluding hydrogens is 506 g/mol. The van der Waals surface area contributed by atoms with E-state index >= 15 is 0 Å². The van der Waals surface area contributed by atoms with Crippen molar-refractivity contribution >= 4 is 0 Å². The largest absolute Gasteiger partial charge is 0.507 e. The van der Waals surface area contributed by atoms with Crippen LogP contribution in [0.2, 0.25) is 0 Å². The molecule has 0 aliphatic rings. The summed E-state index contributed by atoms with van der Waals surface area (Å²) in [6.45, 7) is 9.56. The Hall–Kier alpha value is -4.33. The van der Waals surface area contributed by atoms with Gasteiger partial charge in [-0.25, -0.2) is 15.0 Å². The molecule has 0 radical (unpaired) electrons. The Bertz CT molecular complexity index is 1340. The van der Waals surface area contributed by atoms with Crippen molar-refractivity contribution in [2.75, 3.05) is 20.3 Å². The van der Waals surface area contributed by atoms with Crippen molar-refractivity contribution in [1.82, 2.24) is 15.0 Å². The topological polar surface area (TPSA) is 107 Å². The van der Waals surface area contributed by atoms with Crippen molar-refractivity contribution in [3.63, 3.8) is 0 Å². The van der Waals surface area contributed by atoms with Crippen LogP contribution in [0.1, 0.15) is 40.5 Å². The van der Waals surface area contributed by atoms with Gasteiger partial charge in [0.15, 0.2) is 17.5 Å². The van der Waals surface area contributed by atoms with Gasteiger partial charge in [0.2, 0.25) is 0 Å². The quantitative estimate of drug-likeness (QED) is 0.194. The van der Waals surface area contributed by atoms with Crippen LogP contribution in [-0.2, 0) is 0 Å². The van der Waals surface area contributed by atoms with Gasteiger partial charge in [0.25, 0.3) is 0 Å². The van der Waals surface area contributed by atoms with Gasteiger partial charge in [-0.15, -0.1) is 0 Å².